The molecule has 1 saturated heterocycles. The van der Waals surface area contributed by atoms with Crippen LogP contribution in [-0.2, 0) is 10.0 Å². The van der Waals surface area contributed by atoms with Crippen molar-refractivity contribution in [2.75, 3.05) is 11.9 Å². The standard InChI is InChI=1S/C19H15F3N4O3S2/c20-11-3-6-13(7-4-11)31(28,29)26-9-1-2-16(26)18-24-25-19(30-18)17(27)23-15-8-5-12(21)10-14(15)22/h3-8,10,16H,1-2,9H2,(H,23,27)/t16-/m0/s1. The number of hydrogen-bond acceptors (Lipinski definition) is 6. The molecule has 31 heavy (non-hydrogen) atoms. The molecular formula is C19H15F3N4O3S2. The lowest BCUT2D eigenvalue weighted by molar-refractivity contribution is 0.102. The number of benzene rings is 2. The molecule has 7 nitrogen and oxygen atoms in total. The van der Waals surface area contributed by atoms with Gasteiger partial charge in [-0.3, -0.25) is 4.79 Å². The van der Waals surface area contributed by atoms with Crippen LogP contribution in [0.5, 0.6) is 0 Å². The summed E-state index contributed by atoms with van der Waals surface area (Å²) < 4.78 is 67.2. The van der Waals surface area contributed by atoms with E-state index in [1.165, 1.54) is 16.4 Å². The van der Waals surface area contributed by atoms with Crippen LogP contribution in [0.3, 0.4) is 0 Å². The molecule has 2 aromatic carbocycles. The smallest absolute Gasteiger partial charge is 0.286 e. The molecule has 0 saturated carbocycles. The number of anilines is 1. The second-order valence-corrected chi connectivity index (χ2v) is 9.65. The molecule has 1 fully saturated rings. The van der Waals surface area contributed by atoms with Gasteiger partial charge in [0.2, 0.25) is 15.0 Å². The Morgan fingerprint density at radius 3 is 2.48 bits per heavy atom. The molecule has 0 aliphatic carbocycles. The van der Waals surface area contributed by atoms with E-state index in [9.17, 15) is 26.4 Å². The van der Waals surface area contributed by atoms with Gasteiger partial charge in [0.25, 0.3) is 5.91 Å². The van der Waals surface area contributed by atoms with Gasteiger partial charge in [0, 0.05) is 12.6 Å². The number of halogens is 3. The first-order chi connectivity index (χ1) is 14.8. The number of hydrogen-bond donors (Lipinski definition) is 1. The average Bonchev–Trinajstić information content (AvgIpc) is 3.40. The van der Waals surface area contributed by atoms with E-state index in [0.29, 0.717) is 23.9 Å². The third-order valence-electron chi connectivity index (χ3n) is 4.72. The maximum atomic E-state index is 13.8. The summed E-state index contributed by atoms with van der Waals surface area (Å²) in [4.78, 5) is 12.3. The lowest BCUT2D eigenvalue weighted by Gasteiger charge is -2.22. The van der Waals surface area contributed by atoms with E-state index in [1.807, 2.05) is 0 Å². The summed E-state index contributed by atoms with van der Waals surface area (Å²) in [5.74, 6) is -3.02. The third-order valence-corrected chi connectivity index (χ3v) is 7.67. The zero-order valence-corrected chi connectivity index (χ0v) is 17.4. The van der Waals surface area contributed by atoms with E-state index < -0.39 is 39.4 Å². The second-order valence-electron chi connectivity index (χ2n) is 6.75. The largest absolute Gasteiger partial charge is 0.317 e. The molecule has 2 heterocycles. The molecule has 4 rings (SSSR count). The van der Waals surface area contributed by atoms with Crippen molar-refractivity contribution in [3.05, 3.63) is 69.9 Å². The van der Waals surface area contributed by atoms with E-state index in [0.717, 1.165) is 35.6 Å². The van der Waals surface area contributed by atoms with E-state index >= 15 is 0 Å². The lowest BCUT2D eigenvalue weighted by atomic mass is 10.2. The Balaban J connectivity index is 1.55. The van der Waals surface area contributed by atoms with Crippen LogP contribution in [0.25, 0.3) is 0 Å². The summed E-state index contributed by atoms with van der Waals surface area (Å²) in [7, 11) is -3.90. The summed E-state index contributed by atoms with van der Waals surface area (Å²) in [6.45, 7) is 0.242. The zero-order chi connectivity index (χ0) is 22.2. The third kappa shape index (κ3) is 4.31. The maximum Gasteiger partial charge on any atom is 0.286 e. The molecule has 1 aromatic heterocycles. The highest BCUT2D eigenvalue weighted by Crippen LogP contribution is 2.37. The minimum absolute atomic E-state index is 0.0462. The second kappa shape index (κ2) is 8.36. The summed E-state index contributed by atoms with van der Waals surface area (Å²) >= 11 is 0.887. The molecule has 3 aromatic rings. The van der Waals surface area contributed by atoms with Crippen molar-refractivity contribution in [3.63, 3.8) is 0 Å². The Bertz CT molecular complexity index is 1230. The van der Waals surface area contributed by atoms with Gasteiger partial charge in [-0.1, -0.05) is 11.3 Å². The first-order valence-electron chi connectivity index (χ1n) is 9.13. The fraction of sp³-hybridized carbons (Fsp3) is 0.211. The minimum Gasteiger partial charge on any atom is -0.317 e. The quantitative estimate of drug-likeness (QED) is 0.616. The van der Waals surface area contributed by atoms with Crippen molar-refractivity contribution >= 4 is 33.0 Å². The number of amides is 1. The predicted octanol–water partition coefficient (Wildman–Crippen LogP) is 3.73. The number of aromatic nitrogens is 2. The van der Waals surface area contributed by atoms with Gasteiger partial charge < -0.3 is 5.32 Å². The average molecular weight is 468 g/mol. The van der Waals surface area contributed by atoms with Crippen LogP contribution >= 0.6 is 11.3 Å². The monoisotopic (exact) mass is 468 g/mol. The zero-order valence-electron chi connectivity index (χ0n) is 15.8. The van der Waals surface area contributed by atoms with Crippen molar-refractivity contribution < 1.29 is 26.4 Å². The summed E-state index contributed by atoms with van der Waals surface area (Å²) in [5, 5.41) is 10.3. The van der Waals surface area contributed by atoms with Gasteiger partial charge >= 0.3 is 0 Å². The van der Waals surface area contributed by atoms with E-state index in [-0.39, 0.29) is 22.1 Å². The molecule has 0 radical (unpaired) electrons. The fourth-order valence-corrected chi connectivity index (χ4v) is 5.86. The Labute approximate surface area is 179 Å². The summed E-state index contributed by atoms with van der Waals surface area (Å²) in [6, 6.07) is 6.61. The van der Waals surface area contributed by atoms with Gasteiger partial charge in [-0.15, -0.1) is 10.2 Å². The molecule has 0 unspecified atom stereocenters. The Hall–Kier alpha value is -2.83. The van der Waals surface area contributed by atoms with Gasteiger partial charge in [0.05, 0.1) is 16.6 Å². The van der Waals surface area contributed by atoms with Crippen molar-refractivity contribution in [3.8, 4) is 0 Å². The van der Waals surface area contributed by atoms with Crippen LogP contribution in [0.1, 0.15) is 33.7 Å². The number of carbonyl (C=O) groups is 1. The van der Waals surface area contributed by atoms with Gasteiger partial charge in [-0.25, -0.2) is 21.6 Å². The highest BCUT2D eigenvalue weighted by Gasteiger charge is 2.38. The van der Waals surface area contributed by atoms with Gasteiger partial charge in [-0.2, -0.15) is 4.31 Å². The normalized spacial score (nSPS) is 17.1. The SMILES string of the molecule is O=C(Nc1ccc(F)cc1F)c1nnc([C@@H]2CCCN2S(=O)(=O)c2ccc(F)cc2)s1. The van der Waals surface area contributed by atoms with Gasteiger partial charge in [-0.05, 0) is 49.2 Å². The van der Waals surface area contributed by atoms with Crippen LogP contribution in [0.2, 0.25) is 0 Å². The van der Waals surface area contributed by atoms with E-state index in [4.69, 9.17) is 0 Å². The van der Waals surface area contributed by atoms with E-state index in [1.54, 1.807) is 0 Å². The molecule has 1 aliphatic heterocycles. The number of sulfonamides is 1. The molecule has 0 bridgehead atoms. The highest BCUT2D eigenvalue weighted by atomic mass is 32.2. The van der Waals surface area contributed by atoms with Crippen LogP contribution in [0, 0.1) is 17.5 Å². The first kappa shape index (κ1) is 21.4. The number of nitrogens with one attached hydrogen (secondary N) is 1. The molecule has 162 valence electrons. The first-order valence-corrected chi connectivity index (χ1v) is 11.4. The lowest BCUT2D eigenvalue weighted by Crippen LogP contribution is -2.30. The summed E-state index contributed by atoms with van der Waals surface area (Å²) in [5.41, 5.74) is -0.218. The molecule has 0 spiro atoms. The highest BCUT2D eigenvalue weighted by molar-refractivity contribution is 7.89. The van der Waals surface area contributed by atoms with Crippen molar-refractivity contribution in [1.29, 1.82) is 0 Å². The van der Waals surface area contributed by atoms with Crippen molar-refractivity contribution in [2.24, 2.45) is 0 Å². The number of rotatable bonds is 5. The minimum atomic E-state index is -3.90. The number of nitrogens with zero attached hydrogens (tertiary/aromatic N) is 3. The predicted molar refractivity (Wildman–Crippen MR) is 106 cm³/mol. The molecule has 1 N–H and O–H groups in total. The van der Waals surface area contributed by atoms with Crippen LogP contribution < -0.4 is 5.32 Å². The maximum absolute atomic E-state index is 13.8. The Kier molecular flexibility index (Phi) is 5.77. The Morgan fingerprint density at radius 1 is 1.06 bits per heavy atom. The van der Waals surface area contributed by atoms with Crippen molar-refractivity contribution in [2.45, 2.75) is 23.8 Å². The molecule has 12 heteroatoms. The van der Waals surface area contributed by atoms with Crippen molar-refractivity contribution in [1.82, 2.24) is 14.5 Å². The molecule has 1 amide bonds. The van der Waals surface area contributed by atoms with Crippen LogP contribution in [0.15, 0.2) is 47.4 Å². The number of carbonyl (C=O) groups excluding carboxylic acids is 1. The van der Waals surface area contributed by atoms with Gasteiger partial charge in [0.15, 0.2) is 0 Å². The summed E-state index contributed by atoms with van der Waals surface area (Å²) in [6.07, 6.45) is 1.05. The molecule has 1 aliphatic rings. The van der Waals surface area contributed by atoms with Crippen LogP contribution in [0.4, 0.5) is 18.9 Å². The molecular weight excluding hydrogens is 453 g/mol. The van der Waals surface area contributed by atoms with Gasteiger partial charge in [0.1, 0.15) is 22.5 Å². The molecule has 1 atom stereocenters. The van der Waals surface area contributed by atoms with Crippen LogP contribution in [-0.4, -0.2) is 35.4 Å². The fourth-order valence-electron chi connectivity index (χ4n) is 3.24. The Morgan fingerprint density at radius 2 is 1.77 bits per heavy atom. The topological polar surface area (TPSA) is 92.3 Å². The van der Waals surface area contributed by atoms with E-state index in [2.05, 4.69) is 15.5 Å².